The third-order valence-electron chi connectivity index (χ3n) is 5.49. The maximum Gasteiger partial charge on any atom is 0.410 e. The number of likely N-dealkylation sites (N-methyl/N-ethyl adjacent to an activating group) is 1. The molecule has 1 aromatic rings. The highest BCUT2D eigenvalue weighted by Gasteiger charge is 2.53. The highest BCUT2D eigenvalue weighted by Crippen LogP contribution is 2.42. The number of hydrogen-bond donors (Lipinski definition) is 0. The number of ether oxygens (including phenoxy) is 1. The molecule has 1 saturated heterocycles. The lowest BCUT2D eigenvalue weighted by atomic mass is 10.1. The van der Waals surface area contributed by atoms with E-state index in [0.29, 0.717) is 24.2 Å². The lowest BCUT2D eigenvalue weighted by Gasteiger charge is -2.41. The van der Waals surface area contributed by atoms with Crippen molar-refractivity contribution in [1.29, 1.82) is 5.26 Å². The van der Waals surface area contributed by atoms with E-state index in [-0.39, 0.29) is 6.09 Å². The first-order chi connectivity index (χ1) is 12.3. The summed E-state index contributed by atoms with van der Waals surface area (Å²) in [4.78, 5) is 19.0. The normalized spacial score (nSPS) is 22.6. The van der Waals surface area contributed by atoms with Gasteiger partial charge in [0.15, 0.2) is 0 Å². The van der Waals surface area contributed by atoms with E-state index in [1.54, 1.807) is 6.20 Å². The molecule has 2 atom stereocenters. The number of carbonyl (C=O) groups is 1. The molecule has 140 valence electrons. The van der Waals surface area contributed by atoms with Crippen molar-refractivity contribution in [3.63, 3.8) is 0 Å². The molecule has 0 bridgehead atoms. The molecular weight excluding hydrogens is 328 g/mol. The monoisotopic (exact) mass is 357 g/mol. The highest BCUT2D eigenvalue weighted by atomic mass is 16.6. The van der Waals surface area contributed by atoms with Crippen LogP contribution in [0.5, 0.6) is 0 Å². The average molecular weight is 357 g/mol. The summed E-state index contributed by atoms with van der Waals surface area (Å²) in [7, 11) is 0. The number of pyridine rings is 1. The fraction of sp³-hybridized carbons (Fsp3) is 0.650. The Hall–Kier alpha value is -2.13. The van der Waals surface area contributed by atoms with Gasteiger partial charge in [-0.15, -0.1) is 0 Å². The molecule has 1 aliphatic heterocycles. The largest absolute Gasteiger partial charge is 0.444 e. The fourth-order valence-electron chi connectivity index (χ4n) is 4.19. The van der Waals surface area contributed by atoms with Gasteiger partial charge in [0.2, 0.25) is 5.82 Å². The van der Waals surface area contributed by atoms with E-state index in [0.717, 1.165) is 29.8 Å². The number of amides is 1. The number of carbonyl (C=O) groups excluding carboxylic acids is 1. The summed E-state index contributed by atoms with van der Waals surface area (Å²) < 4.78 is 6.37. The van der Waals surface area contributed by atoms with E-state index in [2.05, 4.69) is 18.0 Å². The Morgan fingerprint density at radius 1 is 1.35 bits per heavy atom. The van der Waals surface area contributed by atoms with Crippen molar-refractivity contribution in [2.24, 2.45) is 0 Å². The van der Waals surface area contributed by atoms with Crippen LogP contribution in [0.4, 0.5) is 10.6 Å². The molecule has 1 aliphatic carbocycles. The molecule has 26 heavy (non-hydrogen) atoms. The minimum absolute atomic E-state index is 0.224. The number of hydrogen-bond acceptors (Lipinski definition) is 4. The highest BCUT2D eigenvalue weighted by molar-refractivity contribution is 5.68. The topological polar surface area (TPSA) is 66.2 Å². The van der Waals surface area contributed by atoms with Crippen molar-refractivity contribution in [3.8, 4) is 6.07 Å². The summed E-state index contributed by atoms with van der Waals surface area (Å²) in [6.07, 6.45) is 4.78. The summed E-state index contributed by atoms with van der Waals surface area (Å²) in [6, 6.07) is 6.87. The van der Waals surface area contributed by atoms with Gasteiger partial charge in [0, 0.05) is 31.9 Å². The smallest absolute Gasteiger partial charge is 0.410 e. The molecule has 6 heteroatoms. The van der Waals surface area contributed by atoms with E-state index >= 15 is 0 Å². The second-order valence-electron chi connectivity index (χ2n) is 8.36. The van der Waals surface area contributed by atoms with Crippen LogP contribution in [-0.4, -0.2) is 53.3 Å². The SMILES string of the molecule is CC[N+](c1ccc(C#N)cn1)(C1CC1)C1CCN(C(=O)OC(C)(C)C)C1. The van der Waals surface area contributed by atoms with Crippen LogP contribution >= 0.6 is 0 Å². The summed E-state index contributed by atoms with van der Waals surface area (Å²) in [6.45, 7) is 10.3. The maximum atomic E-state index is 12.5. The van der Waals surface area contributed by atoms with Gasteiger partial charge < -0.3 is 9.64 Å². The second kappa shape index (κ2) is 6.88. The van der Waals surface area contributed by atoms with Crippen molar-refractivity contribution in [2.75, 3.05) is 19.6 Å². The Labute approximate surface area is 156 Å². The third kappa shape index (κ3) is 3.54. The zero-order chi connectivity index (χ0) is 18.9. The Morgan fingerprint density at radius 2 is 2.08 bits per heavy atom. The number of aromatic nitrogens is 1. The van der Waals surface area contributed by atoms with Crippen LogP contribution in [0, 0.1) is 11.3 Å². The van der Waals surface area contributed by atoms with E-state index in [1.165, 1.54) is 12.8 Å². The minimum Gasteiger partial charge on any atom is -0.444 e. The Kier molecular flexibility index (Phi) is 4.94. The lowest BCUT2D eigenvalue weighted by Crippen LogP contribution is -2.60. The molecule has 0 aromatic carbocycles. The van der Waals surface area contributed by atoms with Gasteiger partial charge in [0.25, 0.3) is 0 Å². The minimum atomic E-state index is -0.475. The van der Waals surface area contributed by atoms with E-state index < -0.39 is 5.60 Å². The predicted octanol–water partition coefficient (Wildman–Crippen LogP) is 3.45. The van der Waals surface area contributed by atoms with Crippen LogP contribution in [0.25, 0.3) is 0 Å². The molecule has 6 nitrogen and oxygen atoms in total. The Morgan fingerprint density at radius 3 is 2.58 bits per heavy atom. The maximum absolute atomic E-state index is 12.5. The zero-order valence-corrected chi connectivity index (χ0v) is 16.2. The molecule has 3 rings (SSSR count). The first-order valence-corrected chi connectivity index (χ1v) is 9.52. The van der Waals surface area contributed by atoms with Gasteiger partial charge in [0.1, 0.15) is 17.7 Å². The van der Waals surface area contributed by atoms with Crippen molar-refractivity contribution in [1.82, 2.24) is 14.4 Å². The van der Waals surface area contributed by atoms with Gasteiger partial charge in [-0.25, -0.2) is 9.78 Å². The first-order valence-electron chi connectivity index (χ1n) is 9.52. The lowest BCUT2D eigenvalue weighted by molar-refractivity contribution is 0.0279. The van der Waals surface area contributed by atoms with Gasteiger partial charge >= 0.3 is 6.09 Å². The standard InChI is InChI=1S/C20H29N4O2/c1-5-24(16-7-8-16,18-9-6-15(12-21)13-22-18)17-10-11-23(14-17)19(25)26-20(2,3)4/h6,9,13,16-17H,5,7-8,10-11,14H2,1-4H3/q+1. The van der Waals surface area contributed by atoms with Crippen LogP contribution in [0.15, 0.2) is 18.3 Å². The molecular formula is C20H29N4O2+. The Balaban J connectivity index is 1.83. The van der Waals surface area contributed by atoms with Gasteiger partial charge in [-0.1, -0.05) is 0 Å². The summed E-state index contributed by atoms with van der Waals surface area (Å²) in [5, 5.41) is 9.06. The van der Waals surface area contributed by atoms with Crippen LogP contribution in [0.2, 0.25) is 0 Å². The summed E-state index contributed by atoms with van der Waals surface area (Å²) in [5.74, 6) is 1.02. The molecule has 1 saturated carbocycles. The molecule has 0 radical (unpaired) electrons. The van der Waals surface area contributed by atoms with E-state index in [4.69, 9.17) is 10.00 Å². The number of nitriles is 1. The first kappa shape index (κ1) is 18.7. The van der Waals surface area contributed by atoms with E-state index in [9.17, 15) is 4.79 Å². The van der Waals surface area contributed by atoms with Crippen LogP contribution in [0.3, 0.4) is 0 Å². The molecule has 2 fully saturated rings. The van der Waals surface area contributed by atoms with Crippen molar-refractivity contribution < 1.29 is 9.53 Å². The number of likely N-dealkylation sites (tertiary alicyclic amines) is 1. The number of quaternary nitrogens is 1. The van der Waals surface area contributed by atoms with Crippen molar-refractivity contribution in [2.45, 2.75) is 64.6 Å². The van der Waals surface area contributed by atoms with Gasteiger partial charge in [0.05, 0.1) is 30.9 Å². The van der Waals surface area contributed by atoms with Crippen LogP contribution in [0.1, 0.15) is 52.5 Å². The molecule has 0 spiro atoms. The molecule has 1 amide bonds. The van der Waals surface area contributed by atoms with Crippen LogP contribution in [-0.2, 0) is 4.74 Å². The number of rotatable bonds is 4. The summed E-state index contributed by atoms with van der Waals surface area (Å²) >= 11 is 0. The molecule has 2 unspecified atom stereocenters. The molecule has 2 heterocycles. The van der Waals surface area contributed by atoms with Crippen molar-refractivity contribution >= 4 is 11.9 Å². The van der Waals surface area contributed by atoms with Gasteiger partial charge in [-0.3, -0.25) is 4.48 Å². The summed E-state index contributed by atoms with van der Waals surface area (Å²) in [5.41, 5.74) is 0.109. The fourth-order valence-corrected chi connectivity index (χ4v) is 4.19. The number of nitrogens with zero attached hydrogens (tertiary/aromatic N) is 4. The van der Waals surface area contributed by atoms with Crippen molar-refractivity contribution in [3.05, 3.63) is 23.9 Å². The van der Waals surface area contributed by atoms with Crippen LogP contribution < -0.4 is 4.48 Å². The third-order valence-corrected chi connectivity index (χ3v) is 5.49. The van der Waals surface area contributed by atoms with E-state index in [1.807, 2.05) is 37.8 Å². The second-order valence-corrected chi connectivity index (χ2v) is 8.36. The Bertz CT molecular complexity index is 700. The van der Waals surface area contributed by atoms with Gasteiger partial charge in [-0.05, 0) is 33.8 Å². The quantitative estimate of drug-likeness (QED) is 0.774. The molecule has 0 N–H and O–H groups in total. The predicted molar refractivity (Wildman–Crippen MR) is 101 cm³/mol. The average Bonchev–Trinajstić information content (AvgIpc) is 3.32. The zero-order valence-electron chi connectivity index (χ0n) is 16.2. The van der Waals surface area contributed by atoms with Gasteiger partial charge in [-0.2, -0.15) is 5.26 Å². The molecule has 1 aromatic heterocycles. The molecule has 2 aliphatic rings.